The summed E-state index contributed by atoms with van der Waals surface area (Å²) in [7, 11) is 0. The molecule has 0 saturated carbocycles. The van der Waals surface area contributed by atoms with Gasteiger partial charge in [-0.1, -0.05) is 32.0 Å². The van der Waals surface area contributed by atoms with E-state index in [1.54, 1.807) is 36.4 Å². The Kier molecular flexibility index (Phi) is 4.47. The number of nitro benzene ring substituents is 1. The van der Waals surface area contributed by atoms with Crippen LogP contribution in [0.3, 0.4) is 0 Å². The van der Waals surface area contributed by atoms with E-state index in [0.717, 1.165) is 5.52 Å². The summed E-state index contributed by atoms with van der Waals surface area (Å²) >= 11 is 0. The van der Waals surface area contributed by atoms with Crippen LogP contribution in [-0.2, 0) is 11.2 Å². The molecule has 0 aliphatic heterocycles. The number of nitrogens with one attached hydrogen (secondary N) is 1. The molecule has 128 valence electrons. The first kappa shape index (κ1) is 16.6. The smallest absolute Gasteiger partial charge is 0.273 e. The number of para-hydroxylation sites is 1. The molecule has 3 rings (SSSR count). The van der Waals surface area contributed by atoms with Crippen molar-refractivity contribution in [1.82, 2.24) is 4.98 Å². The molecule has 1 heterocycles. The minimum absolute atomic E-state index is 0.0649. The number of carbonyl (C=O) groups excluding carboxylic acids is 1. The third-order valence-electron chi connectivity index (χ3n) is 3.72. The van der Waals surface area contributed by atoms with Crippen molar-refractivity contribution < 1.29 is 14.1 Å². The molecule has 2 aromatic carbocycles. The molecule has 0 aliphatic carbocycles. The Bertz CT molecular complexity index is 946. The van der Waals surface area contributed by atoms with Gasteiger partial charge in [-0.3, -0.25) is 14.9 Å². The number of benzene rings is 2. The molecule has 0 bridgehead atoms. The summed E-state index contributed by atoms with van der Waals surface area (Å²) in [4.78, 5) is 27.1. The first-order valence-corrected chi connectivity index (χ1v) is 7.86. The molecular weight excluding hydrogens is 322 g/mol. The SMILES string of the molecule is CC(C)c1nc2ccc(NC(=O)Cc3ccccc3[N+](=O)[O-])cc2o1. The van der Waals surface area contributed by atoms with Gasteiger partial charge >= 0.3 is 0 Å². The molecule has 7 heteroatoms. The van der Waals surface area contributed by atoms with Gasteiger partial charge in [0, 0.05) is 29.3 Å². The van der Waals surface area contributed by atoms with Crippen LogP contribution in [0.5, 0.6) is 0 Å². The van der Waals surface area contributed by atoms with Crippen molar-refractivity contribution in [3.8, 4) is 0 Å². The monoisotopic (exact) mass is 339 g/mol. The average Bonchev–Trinajstić information content (AvgIpc) is 2.98. The highest BCUT2D eigenvalue weighted by molar-refractivity contribution is 5.94. The maximum Gasteiger partial charge on any atom is 0.273 e. The number of carbonyl (C=O) groups is 1. The van der Waals surface area contributed by atoms with Gasteiger partial charge in [-0.05, 0) is 12.1 Å². The molecule has 3 aromatic rings. The van der Waals surface area contributed by atoms with Gasteiger partial charge < -0.3 is 9.73 Å². The number of nitro groups is 1. The number of fused-ring (bicyclic) bond motifs is 1. The predicted octanol–water partition coefficient (Wildman–Crippen LogP) is 4.04. The van der Waals surface area contributed by atoms with E-state index in [4.69, 9.17) is 4.42 Å². The third-order valence-corrected chi connectivity index (χ3v) is 3.72. The quantitative estimate of drug-likeness (QED) is 0.559. The molecule has 0 fully saturated rings. The Morgan fingerprint density at radius 3 is 2.76 bits per heavy atom. The Morgan fingerprint density at radius 1 is 1.28 bits per heavy atom. The molecule has 1 aromatic heterocycles. The van der Waals surface area contributed by atoms with E-state index in [1.807, 2.05) is 13.8 Å². The van der Waals surface area contributed by atoms with Gasteiger partial charge in [0.2, 0.25) is 5.91 Å². The second-order valence-corrected chi connectivity index (χ2v) is 6.00. The Hall–Kier alpha value is -3.22. The first-order valence-electron chi connectivity index (χ1n) is 7.86. The lowest BCUT2D eigenvalue weighted by Gasteiger charge is -2.05. The topological polar surface area (TPSA) is 98.3 Å². The summed E-state index contributed by atoms with van der Waals surface area (Å²) in [5.41, 5.74) is 2.17. The van der Waals surface area contributed by atoms with Gasteiger partial charge in [-0.15, -0.1) is 0 Å². The van der Waals surface area contributed by atoms with Crippen LogP contribution in [0.2, 0.25) is 0 Å². The van der Waals surface area contributed by atoms with Crippen LogP contribution in [-0.4, -0.2) is 15.8 Å². The molecule has 0 saturated heterocycles. The summed E-state index contributed by atoms with van der Waals surface area (Å²) < 4.78 is 5.67. The fourth-order valence-corrected chi connectivity index (χ4v) is 2.48. The minimum atomic E-state index is -0.489. The van der Waals surface area contributed by atoms with Crippen molar-refractivity contribution in [2.24, 2.45) is 0 Å². The zero-order valence-corrected chi connectivity index (χ0v) is 13.9. The normalized spacial score (nSPS) is 11.0. The Labute approximate surface area is 143 Å². The molecule has 0 atom stereocenters. The van der Waals surface area contributed by atoms with E-state index in [1.165, 1.54) is 6.07 Å². The highest BCUT2D eigenvalue weighted by Gasteiger charge is 2.16. The van der Waals surface area contributed by atoms with Gasteiger partial charge in [0.05, 0.1) is 11.3 Å². The number of hydrogen-bond donors (Lipinski definition) is 1. The van der Waals surface area contributed by atoms with Crippen molar-refractivity contribution in [3.63, 3.8) is 0 Å². The minimum Gasteiger partial charge on any atom is -0.440 e. The number of aromatic nitrogens is 1. The van der Waals surface area contributed by atoms with Crippen molar-refractivity contribution in [1.29, 1.82) is 0 Å². The van der Waals surface area contributed by atoms with Crippen LogP contribution in [0.1, 0.15) is 31.2 Å². The summed E-state index contributed by atoms with van der Waals surface area (Å²) in [5, 5.41) is 13.8. The predicted molar refractivity (Wildman–Crippen MR) is 93.5 cm³/mol. The van der Waals surface area contributed by atoms with Crippen LogP contribution in [0.15, 0.2) is 46.9 Å². The molecule has 25 heavy (non-hydrogen) atoms. The van der Waals surface area contributed by atoms with Crippen molar-refractivity contribution in [2.45, 2.75) is 26.2 Å². The number of amides is 1. The Balaban J connectivity index is 1.77. The Morgan fingerprint density at radius 2 is 2.04 bits per heavy atom. The largest absolute Gasteiger partial charge is 0.440 e. The standard InChI is InChI=1S/C18H17N3O4/c1-11(2)18-20-14-8-7-13(10-16(14)25-18)19-17(22)9-12-5-3-4-6-15(12)21(23)24/h3-8,10-11H,9H2,1-2H3,(H,19,22). The van der Waals surface area contributed by atoms with E-state index in [-0.39, 0.29) is 23.9 Å². The fraction of sp³-hybridized carbons (Fsp3) is 0.222. The molecular formula is C18H17N3O4. The summed E-state index contributed by atoms with van der Waals surface area (Å²) in [6, 6.07) is 11.4. The molecule has 1 amide bonds. The highest BCUT2D eigenvalue weighted by Crippen LogP contribution is 2.24. The summed E-state index contributed by atoms with van der Waals surface area (Å²) in [6.07, 6.45) is -0.0805. The van der Waals surface area contributed by atoms with Crippen LogP contribution >= 0.6 is 0 Å². The van der Waals surface area contributed by atoms with Crippen molar-refractivity contribution in [2.75, 3.05) is 5.32 Å². The highest BCUT2D eigenvalue weighted by atomic mass is 16.6. The van der Waals surface area contributed by atoms with E-state index in [9.17, 15) is 14.9 Å². The summed E-state index contributed by atoms with van der Waals surface area (Å²) in [5.74, 6) is 0.472. The zero-order chi connectivity index (χ0) is 18.0. The average molecular weight is 339 g/mol. The summed E-state index contributed by atoms with van der Waals surface area (Å²) in [6.45, 7) is 3.97. The molecule has 0 radical (unpaired) electrons. The van der Waals surface area contributed by atoms with Gasteiger partial charge in [0.1, 0.15) is 5.52 Å². The molecule has 1 N–H and O–H groups in total. The van der Waals surface area contributed by atoms with Gasteiger partial charge in [-0.2, -0.15) is 0 Å². The van der Waals surface area contributed by atoms with E-state index in [0.29, 0.717) is 22.7 Å². The second-order valence-electron chi connectivity index (χ2n) is 6.00. The molecule has 7 nitrogen and oxygen atoms in total. The van der Waals surface area contributed by atoms with Gasteiger partial charge in [0.25, 0.3) is 5.69 Å². The second kappa shape index (κ2) is 6.72. The number of nitrogens with zero attached hydrogens (tertiary/aromatic N) is 2. The molecule has 0 unspecified atom stereocenters. The molecule has 0 aliphatic rings. The number of anilines is 1. The van der Waals surface area contributed by atoms with Crippen LogP contribution in [0, 0.1) is 10.1 Å². The van der Waals surface area contributed by atoms with E-state index < -0.39 is 4.92 Å². The molecule has 0 spiro atoms. The van der Waals surface area contributed by atoms with Crippen LogP contribution in [0.4, 0.5) is 11.4 Å². The number of rotatable bonds is 5. The van der Waals surface area contributed by atoms with Crippen LogP contribution in [0.25, 0.3) is 11.1 Å². The third kappa shape index (κ3) is 3.65. The van der Waals surface area contributed by atoms with Crippen LogP contribution < -0.4 is 5.32 Å². The van der Waals surface area contributed by atoms with E-state index >= 15 is 0 Å². The fourth-order valence-electron chi connectivity index (χ4n) is 2.48. The van der Waals surface area contributed by atoms with Gasteiger partial charge in [0.15, 0.2) is 11.5 Å². The number of oxazole rings is 1. The van der Waals surface area contributed by atoms with E-state index in [2.05, 4.69) is 10.3 Å². The van der Waals surface area contributed by atoms with Crippen molar-refractivity contribution >= 4 is 28.4 Å². The maximum absolute atomic E-state index is 12.2. The zero-order valence-electron chi connectivity index (χ0n) is 13.9. The maximum atomic E-state index is 12.2. The number of hydrogen-bond acceptors (Lipinski definition) is 5. The lowest BCUT2D eigenvalue weighted by atomic mass is 10.1. The van der Waals surface area contributed by atoms with Gasteiger partial charge in [-0.25, -0.2) is 4.98 Å². The van der Waals surface area contributed by atoms with Crippen molar-refractivity contribution in [3.05, 3.63) is 64.0 Å². The lowest BCUT2D eigenvalue weighted by Crippen LogP contribution is -2.15. The first-order chi connectivity index (χ1) is 11.9. The lowest BCUT2D eigenvalue weighted by molar-refractivity contribution is -0.385.